The van der Waals surface area contributed by atoms with Crippen LogP contribution in [-0.2, 0) is 6.54 Å². The monoisotopic (exact) mass is 378 g/mol. The van der Waals surface area contributed by atoms with E-state index in [4.69, 9.17) is 4.74 Å². The van der Waals surface area contributed by atoms with Crippen LogP contribution in [0.2, 0.25) is 0 Å². The number of benzene rings is 2. The third-order valence-electron chi connectivity index (χ3n) is 4.05. The molecule has 3 aromatic rings. The van der Waals surface area contributed by atoms with Crippen LogP contribution in [0.15, 0.2) is 60.9 Å². The smallest absolute Gasteiger partial charge is 0.258 e. The van der Waals surface area contributed by atoms with Gasteiger partial charge < -0.3 is 15.4 Å². The zero-order valence-corrected chi connectivity index (χ0v) is 15.8. The average molecular weight is 378 g/mol. The fraction of sp³-hybridized carbons (Fsp3) is 0.190. The molecule has 0 saturated heterocycles. The Kier molecular flexibility index (Phi) is 6.06. The third kappa shape index (κ3) is 4.76. The summed E-state index contributed by atoms with van der Waals surface area (Å²) in [4.78, 5) is 24.6. The van der Waals surface area contributed by atoms with Crippen LogP contribution in [0, 0.1) is 0 Å². The summed E-state index contributed by atoms with van der Waals surface area (Å²) in [6.07, 6.45) is 3.21. The number of aromatic nitrogens is 2. The normalized spacial score (nSPS) is 10.4. The maximum absolute atomic E-state index is 12.4. The minimum Gasteiger partial charge on any atom is -0.494 e. The number of nitrogens with zero attached hydrogens (tertiary/aromatic N) is 2. The number of aryl methyl sites for hydroxylation is 1. The molecule has 7 nitrogen and oxygen atoms in total. The number of hydrogen-bond donors (Lipinski definition) is 2. The topological polar surface area (TPSA) is 85.2 Å². The molecule has 2 aromatic carbocycles. The second kappa shape index (κ2) is 8.85. The van der Waals surface area contributed by atoms with Gasteiger partial charge in [0.05, 0.1) is 18.4 Å². The summed E-state index contributed by atoms with van der Waals surface area (Å²) in [6, 6.07) is 13.9. The number of rotatable bonds is 7. The Morgan fingerprint density at radius 3 is 2.00 bits per heavy atom. The van der Waals surface area contributed by atoms with E-state index in [1.54, 1.807) is 59.4 Å². The highest BCUT2D eigenvalue weighted by atomic mass is 16.5. The summed E-state index contributed by atoms with van der Waals surface area (Å²) in [5, 5.41) is 9.71. The molecule has 0 aliphatic heterocycles. The van der Waals surface area contributed by atoms with Gasteiger partial charge in [-0.15, -0.1) is 0 Å². The lowest BCUT2D eigenvalue weighted by molar-refractivity contribution is 0.102. The molecule has 1 aromatic heterocycles. The van der Waals surface area contributed by atoms with Gasteiger partial charge in [0.25, 0.3) is 11.8 Å². The molecule has 0 spiro atoms. The van der Waals surface area contributed by atoms with Crippen molar-refractivity contribution in [1.29, 1.82) is 0 Å². The minimum absolute atomic E-state index is 0.230. The van der Waals surface area contributed by atoms with E-state index in [1.165, 1.54) is 6.20 Å². The first-order valence-corrected chi connectivity index (χ1v) is 9.07. The first kappa shape index (κ1) is 19.2. The van der Waals surface area contributed by atoms with Gasteiger partial charge >= 0.3 is 0 Å². The number of nitrogens with one attached hydrogen (secondary N) is 2. The molecule has 2 amide bonds. The lowest BCUT2D eigenvalue weighted by Gasteiger charge is -2.08. The summed E-state index contributed by atoms with van der Waals surface area (Å²) in [5.41, 5.74) is 2.26. The third-order valence-corrected chi connectivity index (χ3v) is 4.05. The van der Waals surface area contributed by atoms with Gasteiger partial charge in [-0.1, -0.05) is 0 Å². The SMILES string of the molecule is CCOc1ccc(NC(=O)c2ccc(NC(=O)c3cnn(CC)c3)cc2)cc1. The molecule has 1 heterocycles. The van der Waals surface area contributed by atoms with Gasteiger partial charge in [0.2, 0.25) is 0 Å². The van der Waals surface area contributed by atoms with E-state index in [2.05, 4.69) is 15.7 Å². The minimum atomic E-state index is -0.244. The maximum atomic E-state index is 12.4. The van der Waals surface area contributed by atoms with Crippen molar-refractivity contribution in [2.75, 3.05) is 17.2 Å². The summed E-state index contributed by atoms with van der Waals surface area (Å²) >= 11 is 0. The standard InChI is InChI=1S/C21H22N4O3/c1-3-25-14-16(13-22-25)21(27)24-17-7-5-15(6-8-17)20(26)23-18-9-11-19(12-10-18)28-4-2/h5-14H,3-4H2,1-2H3,(H,23,26)(H,24,27). The average Bonchev–Trinajstić information content (AvgIpc) is 3.20. The van der Waals surface area contributed by atoms with Crippen molar-refractivity contribution in [3.8, 4) is 5.75 Å². The Balaban J connectivity index is 1.59. The van der Waals surface area contributed by atoms with Crippen molar-refractivity contribution in [2.45, 2.75) is 20.4 Å². The predicted molar refractivity (Wildman–Crippen MR) is 108 cm³/mol. The molecule has 144 valence electrons. The predicted octanol–water partition coefficient (Wildman–Crippen LogP) is 3.81. The van der Waals surface area contributed by atoms with Gasteiger partial charge in [0.1, 0.15) is 5.75 Å². The van der Waals surface area contributed by atoms with Crippen molar-refractivity contribution >= 4 is 23.2 Å². The van der Waals surface area contributed by atoms with Gasteiger partial charge in [-0.2, -0.15) is 5.10 Å². The van der Waals surface area contributed by atoms with Crippen LogP contribution in [0.3, 0.4) is 0 Å². The van der Waals surface area contributed by atoms with Crippen molar-refractivity contribution < 1.29 is 14.3 Å². The molecule has 28 heavy (non-hydrogen) atoms. The molecular weight excluding hydrogens is 356 g/mol. The van der Waals surface area contributed by atoms with Crippen molar-refractivity contribution in [3.05, 3.63) is 72.1 Å². The first-order valence-electron chi connectivity index (χ1n) is 9.07. The number of anilines is 2. The lowest BCUT2D eigenvalue weighted by atomic mass is 10.2. The highest BCUT2D eigenvalue weighted by Crippen LogP contribution is 2.17. The molecule has 0 aliphatic carbocycles. The zero-order valence-electron chi connectivity index (χ0n) is 15.8. The largest absolute Gasteiger partial charge is 0.494 e. The van der Waals surface area contributed by atoms with Gasteiger partial charge in [0, 0.05) is 29.7 Å². The Hall–Kier alpha value is -3.61. The van der Waals surface area contributed by atoms with E-state index in [0.717, 1.165) is 5.75 Å². The Morgan fingerprint density at radius 1 is 0.893 bits per heavy atom. The number of hydrogen-bond acceptors (Lipinski definition) is 4. The second-order valence-electron chi connectivity index (χ2n) is 6.03. The molecule has 0 unspecified atom stereocenters. The van der Waals surface area contributed by atoms with E-state index >= 15 is 0 Å². The van der Waals surface area contributed by atoms with Crippen LogP contribution >= 0.6 is 0 Å². The molecule has 7 heteroatoms. The van der Waals surface area contributed by atoms with Crippen molar-refractivity contribution in [3.63, 3.8) is 0 Å². The molecular formula is C21H22N4O3. The molecule has 0 fully saturated rings. The highest BCUT2D eigenvalue weighted by Gasteiger charge is 2.10. The van der Waals surface area contributed by atoms with Gasteiger partial charge in [-0.25, -0.2) is 0 Å². The zero-order chi connectivity index (χ0) is 19.9. The van der Waals surface area contributed by atoms with E-state index in [9.17, 15) is 9.59 Å². The van der Waals surface area contributed by atoms with Gasteiger partial charge in [-0.05, 0) is 62.4 Å². The summed E-state index contributed by atoms with van der Waals surface area (Å²) in [7, 11) is 0. The lowest BCUT2D eigenvalue weighted by Crippen LogP contribution is -2.13. The van der Waals surface area contributed by atoms with Crippen molar-refractivity contribution in [1.82, 2.24) is 9.78 Å². The number of carbonyl (C=O) groups is 2. The Labute approximate surface area is 163 Å². The molecule has 0 atom stereocenters. The number of carbonyl (C=O) groups excluding carboxylic acids is 2. The number of amides is 2. The van der Waals surface area contributed by atoms with Gasteiger partial charge in [-0.3, -0.25) is 14.3 Å². The highest BCUT2D eigenvalue weighted by molar-refractivity contribution is 6.06. The van der Waals surface area contributed by atoms with Crippen LogP contribution < -0.4 is 15.4 Å². The van der Waals surface area contributed by atoms with E-state index < -0.39 is 0 Å². The summed E-state index contributed by atoms with van der Waals surface area (Å²) in [6.45, 7) is 5.16. The number of ether oxygens (including phenoxy) is 1. The van der Waals surface area contributed by atoms with Crippen LogP contribution in [-0.4, -0.2) is 28.2 Å². The molecule has 2 N–H and O–H groups in total. The van der Waals surface area contributed by atoms with E-state index in [1.807, 2.05) is 13.8 Å². The van der Waals surface area contributed by atoms with Crippen LogP contribution in [0.5, 0.6) is 5.75 Å². The fourth-order valence-corrected chi connectivity index (χ4v) is 2.57. The molecule has 0 aliphatic rings. The molecule has 0 saturated carbocycles. The quantitative estimate of drug-likeness (QED) is 0.655. The van der Waals surface area contributed by atoms with Crippen LogP contribution in [0.4, 0.5) is 11.4 Å². The molecule has 0 bridgehead atoms. The van der Waals surface area contributed by atoms with E-state index in [0.29, 0.717) is 35.7 Å². The Morgan fingerprint density at radius 2 is 1.46 bits per heavy atom. The van der Waals surface area contributed by atoms with E-state index in [-0.39, 0.29) is 11.8 Å². The summed E-state index contributed by atoms with van der Waals surface area (Å²) < 4.78 is 7.07. The maximum Gasteiger partial charge on any atom is 0.258 e. The molecule has 3 rings (SSSR count). The fourth-order valence-electron chi connectivity index (χ4n) is 2.57. The van der Waals surface area contributed by atoms with Crippen LogP contribution in [0.1, 0.15) is 34.6 Å². The van der Waals surface area contributed by atoms with Crippen LogP contribution in [0.25, 0.3) is 0 Å². The van der Waals surface area contributed by atoms with Crippen molar-refractivity contribution in [2.24, 2.45) is 0 Å². The molecule has 0 radical (unpaired) electrons. The first-order chi connectivity index (χ1) is 13.6. The second-order valence-corrected chi connectivity index (χ2v) is 6.03. The van der Waals surface area contributed by atoms with Gasteiger partial charge in [0.15, 0.2) is 0 Å². The summed E-state index contributed by atoms with van der Waals surface area (Å²) in [5.74, 6) is 0.280. The Bertz CT molecular complexity index is 947.